The maximum absolute atomic E-state index is 6.31. The monoisotopic (exact) mass is 415 g/mol. The minimum Gasteiger partial charge on any atom is -0.350 e. The molecule has 0 saturated heterocycles. The Morgan fingerprint density at radius 3 is 2.68 bits per heavy atom. The molecule has 0 fully saturated rings. The van der Waals surface area contributed by atoms with Crippen LogP contribution in [0.2, 0.25) is 10.0 Å². The predicted molar refractivity (Wildman–Crippen MR) is 116 cm³/mol. The molecule has 2 aromatic carbocycles. The van der Waals surface area contributed by atoms with E-state index in [-0.39, 0.29) is 6.04 Å². The summed E-state index contributed by atoms with van der Waals surface area (Å²) in [7, 11) is 1.74. The zero-order valence-corrected chi connectivity index (χ0v) is 17.4. The number of imidazole rings is 1. The third-order valence-corrected chi connectivity index (χ3v) is 4.98. The lowest BCUT2D eigenvalue weighted by Gasteiger charge is -2.19. The minimum atomic E-state index is -0.0277. The summed E-state index contributed by atoms with van der Waals surface area (Å²) < 4.78 is 2.12. The summed E-state index contributed by atoms with van der Waals surface area (Å²) in [4.78, 5) is 8.76. The van der Waals surface area contributed by atoms with Gasteiger partial charge in [-0.1, -0.05) is 59.6 Å². The van der Waals surface area contributed by atoms with Crippen LogP contribution in [0.4, 0.5) is 0 Å². The number of nitrogens with zero attached hydrogens (tertiary/aromatic N) is 3. The average molecular weight is 416 g/mol. The molecule has 1 unspecified atom stereocenters. The van der Waals surface area contributed by atoms with Gasteiger partial charge in [0.2, 0.25) is 0 Å². The van der Waals surface area contributed by atoms with E-state index in [0.29, 0.717) is 22.5 Å². The molecule has 146 valence electrons. The van der Waals surface area contributed by atoms with Crippen LogP contribution in [-0.4, -0.2) is 22.6 Å². The van der Waals surface area contributed by atoms with E-state index in [4.69, 9.17) is 23.2 Å². The molecule has 0 aliphatic carbocycles. The van der Waals surface area contributed by atoms with E-state index in [1.807, 2.05) is 49.6 Å². The SMILES string of the molecule is CN=C(NCc1nccn1Cc1ccccc1)NC(C)c1ccc(Cl)cc1Cl. The van der Waals surface area contributed by atoms with E-state index in [9.17, 15) is 0 Å². The molecule has 1 heterocycles. The van der Waals surface area contributed by atoms with Gasteiger partial charge in [-0.15, -0.1) is 0 Å². The van der Waals surface area contributed by atoms with E-state index >= 15 is 0 Å². The molecule has 3 rings (SSSR count). The number of halogens is 2. The number of hydrogen-bond donors (Lipinski definition) is 2. The van der Waals surface area contributed by atoms with Crippen LogP contribution in [-0.2, 0) is 13.1 Å². The van der Waals surface area contributed by atoms with Crippen molar-refractivity contribution in [2.75, 3.05) is 7.05 Å². The fourth-order valence-electron chi connectivity index (χ4n) is 2.92. The van der Waals surface area contributed by atoms with Crippen LogP contribution in [0.25, 0.3) is 0 Å². The van der Waals surface area contributed by atoms with E-state index in [1.165, 1.54) is 5.56 Å². The van der Waals surface area contributed by atoms with Gasteiger partial charge in [-0.2, -0.15) is 0 Å². The second-order valence-electron chi connectivity index (χ2n) is 6.41. The number of nitrogens with one attached hydrogen (secondary N) is 2. The van der Waals surface area contributed by atoms with Crippen LogP contribution in [0, 0.1) is 0 Å². The summed E-state index contributed by atoms with van der Waals surface area (Å²) in [6.45, 7) is 3.36. The fourth-order valence-corrected chi connectivity index (χ4v) is 3.50. The lowest BCUT2D eigenvalue weighted by molar-refractivity contribution is 0.658. The Hall–Kier alpha value is -2.50. The van der Waals surface area contributed by atoms with Crippen molar-refractivity contribution in [1.29, 1.82) is 0 Å². The summed E-state index contributed by atoms with van der Waals surface area (Å²) in [5.41, 5.74) is 2.19. The summed E-state index contributed by atoms with van der Waals surface area (Å²) in [6.07, 6.45) is 3.79. The maximum atomic E-state index is 6.31. The van der Waals surface area contributed by atoms with Gasteiger partial charge < -0.3 is 15.2 Å². The Bertz CT molecular complexity index is 937. The number of aromatic nitrogens is 2. The number of guanidine groups is 1. The first-order valence-corrected chi connectivity index (χ1v) is 9.78. The highest BCUT2D eigenvalue weighted by atomic mass is 35.5. The second kappa shape index (κ2) is 9.62. The van der Waals surface area contributed by atoms with Crippen molar-refractivity contribution in [3.05, 3.63) is 87.9 Å². The molecule has 0 saturated carbocycles. The van der Waals surface area contributed by atoms with Crippen molar-refractivity contribution in [2.24, 2.45) is 4.99 Å². The van der Waals surface area contributed by atoms with Crippen molar-refractivity contribution in [2.45, 2.75) is 26.1 Å². The molecule has 0 spiro atoms. The van der Waals surface area contributed by atoms with Crippen molar-refractivity contribution in [1.82, 2.24) is 20.2 Å². The van der Waals surface area contributed by atoms with Crippen molar-refractivity contribution < 1.29 is 0 Å². The number of aliphatic imine (C=N–C) groups is 1. The fraction of sp³-hybridized carbons (Fsp3) is 0.238. The molecule has 1 atom stereocenters. The summed E-state index contributed by atoms with van der Waals surface area (Å²) in [6, 6.07) is 15.8. The predicted octanol–water partition coefficient (Wildman–Crippen LogP) is 4.66. The first-order chi connectivity index (χ1) is 13.6. The molecule has 5 nitrogen and oxygen atoms in total. The van der Waals surface area contributed by atoms with E-state index in [1.54, 1.807) is 13.1 Å². The van der Waals surface area contributed by atoms with Gasteiger partial charge in [-0.05, 0) is 30.2 Å². The van der Waals surface area contributed by atoms with Crippen LogP contribution in [0.5, 0.6) is 0 Å². The molecule has 0 aliphatic rings. The van der Waals surface area contributed by atoms with Gasteiger partial charge in [-0.25, -0.2) is 4.98 Å². The van der Waals surface area contributed by atoms with Crippen LogP contribution < -0.4 is 10.6 Å². The topological polar surface area (TPSA) is 54.2 Å². The Balaban J connectivity index is 1.61. The zero-order chi connectivity index (χ0) is 19.9. The lowest BCUT2D eigenvalue weighted by atomic mass is 10.1. The Labute approximate surface area is 175 Å². The van der Waals surface area contributed by atoms with Crippen LogP contribution in [0.15, 0.2) is 65.9 Å². The maximum Gasteiger partial charge on any atom is 0.191 e. The van der Waals surface area contributed by atoms with Gasteiger partial charge in [-0.3, -0.25) is 4.99 Å². The van der Waals surface area contributed by atoms with E-state index < -0.39 is 0 Å². The average Bonchev–Trinajstić information content (AvgIpc) is 3.12. The standard InChI is InChI=1S/C21H23Cl2N5/c1-15(18-9-8-17(22)12-19(18)23)27-21(24-2)26-13-20-25-10-11-28(20)14-16-6-4-3-5-7-16/h3-12,15H,13-14H2,1-2H3,(H2,24,26,27). The second-order valence-corrected chi connectivity index (χ2v) is 7.26. The first-order valence-electron chi connectivity index (χ1n) is 9.03. The van der Waals surface area contributed by atoms with Crippen molar-refractivity contribution in [3.63, 3.8) is 0 Å². The van der Waals surface area contributed by atoms with Gasteiger partial charge >= 0.3 is 0 Å². The molecular weight excluding hydrogens is 393 g/mol. The van der Waals surface area contributed by atoms with Gasteiger partial charge in [0.1, 0.15) is 5.82 Å². The normalized spacial score (nSPS) is 12.6. The van der Waals surface area contributed by atoms with E-state index in [0.717, 1.165) is 17.9 Å². The third kappa shape index (κ3) is 5.27. The highest BCUT2D eigenvalue weighted by molar-refractivity contribution is 6.35. The largest absolute Gasteiger partial charge is 0.350 e. The lowest BCUT2D eigenvalue weighted by Crippen LogP contribution is -2.38. The molecule has 3 aromatic rings. The molecule has 0 aliphatic heterocycles. The van der Waals surface area contributed by atoms with Crippen molar-refractivity contribution >= 4 is 29.2 Å². The van der Waals surface area contributed by atoms with E-state index in [2.05, 4.69) is 37.3 Å². The molecule has 7 heteroatoms. The Kier molecular flexibility index (Phi) is 6.95. The third-order valence-electron chi connectivity index (χ3n) is 4.42. The highest BCUT2D eigenvalue weighted by Crippen LogP contribution is 2.26. The van der Waals surface area contributed by atoms with Gasteiger partial charge in [0, 0.05) is 36.0 Å². The quantitative estimate of drug-likeness (QED) is 0.454. The van der Waals surface area contributed by atoms with Crippen molar-refractivity contribution in [3.8, 4) is 0 Å². The summed E-state index contributed by atoms with van der Waals surface area (Å²) >= 11 is 12.3. The molecular formula is C21H23Cl2N5. The van der Waals surface area contributed by atoms with Crippen LogP contribution in [0.3, 0.4) is 0 Å². The Morgan fingerprint density at radius 2 is 1.96 bits per heavy atom. The van der Waals surface area contributed by atoms with Crippen LogP contribution >= 0.6 is 23.2 Å². The van der Waals surface area contributed by atoms with Gasteiger partial charge in [0.05, 0.1) is 12.6 Å². The molecule has 0 amide bonds. The number of rotatable bonds is 6. The molecule has 2 N–H and O–H groups in total. The summed E-state index contributed by atoms with van der Waals surface area (Å²) in [5.74, 6) is 1.61. The van der Waals surface area contributed by atoms with Gasteiger partial charge in [0.15, 0.2) is 5.96 Å². The minimum absolute atomic E-state index is 0.0277. The molecule has 1 aromatic heterocycles. The zero-order valence-electron chi connectivity index (χ0n) is 15.9. The summed E-state index contributed by atoms with van der Waals surface area (Å²) in [5, 5.41) is 7.91. The van der Waals surface area contributed by atoms with Gasteiger partial charge in [0.25, 0.3) is 0 Å². The molecule has 28 heavy (non-hydrogen) atoms. The number of hydrogen-bond acceptors (Lipinski definition) is 2. The Morgan fingerprint density at radius 1 is 1.18 bits per heavy atom. The molecule has 0 bridgehead atoms. The van der Waals surface area contributed by atoms with Crippen LogP contribution in [0.1, 0.15) is 29.9 Å². The molecule has 0 radical (unpaired) electrons. The number of benzene rings is 2. The highest BCUT2D eigenvalue weighted by Gasteiger charge is 2.12. The smallest absolute Gasteiger partial charge is 0.191 e. The first kappa shape index (κ1) is 20.2.